The Bertz CT molecular complexity index is 942. The van der Waals surface area contributed by atoms with Crippen molar-refractivity contribution in [3.05, 3.63) is 58.1 Å². The van der Waals surface area contributed by atoms with Gasteiger partial charge in [-0.15, -0.1) is 0 Å². The maximum Gasteiger partial charge on any atom is 0.312 e. The second-order valence-corrected chi connectivity index (χ2v) is 8.28. The van der Waals surface area contributed by atoms with Crippen molar-refractivity contribution in [2.75, 3.05) is 26.3 Å². The van der Waals surface area contributed by atoms with Gasteiger partial charge in [0, 0.05) is 25.6 Å². The Kier molecular flexibility index (Phi) is 7.98. The fraction of sp³-hybridized carbons (Fsp3) is 0.400. The van der Waals surface area contributed by atoms with Crippen molar-refractivity contribution in [3.63, 3.8) is 0 Å². The molecule has 0 unspecified atom stereocenters. The first-order chi connectivity index (χ1) is 13.8. The molecule has 0 saturated carbocycles. The molecular formula is C20H26N2O6S. The monoisotopic (exact) mass is 422 g/mol. The Morgan fingerprint density at radius 3 is 2.34 bits per heavy atom. The number of sulfonamides is 1. The zero-order valence-electron chi connectivity index (χ0n) is 16.8. The Labute approximate surface area is 171 Å². The van der Waals surface area contributed by atoms with E-state index in [2.05, 4.69) is 0 Å². The number of hydrogen-bond acceptors (Lipinski definition) is 6. The van der Waals surface area contributed by atoms with E-state index in [9.17, 15) is 18.5 Å². The van der Waals surface area contributed by atoms with Crippen LogP contribution in [0.5, 0.6) is 11.5 Å². The summed E-state index contributed by atoms with van der Waals surface area (Å²) < 4.78 is 37.5. The summed E-state index contributed by atoms with van der Waals surface area (Å²) in [6.07, 6.45) is 0.518. The summed E-state index contributed by atoms with van der Waals surface area (Å²) in [5, 5.41) is 11.4. The fourth-order valence-corrected chi connectivity index (χ4v) is 4.25. The molecule has 0 aliphatic rings. The molecule has 2 aromatic carbocycles. The van der Waals surface area contributed by atoms with E-state index >= 15 is 0 Å². The molecule has 158 valence electrons. The molecule has 0 radical (unpaired) electrons. The average Bonchev–Trinajstić information content (AvgIpc) is 2.68. The van der Waals surface area contributed by atoms with Crippen molar-refractivity contribution < 1.29 is 22.8 Å². The van der Waals surface area contributed by atoms with E-state index in [-0.39, 0.29) is 36.0 Å². The molecule has 0 heterocycles. The lowest BCUT2D eigenvalue weighted by atomic mass is 10.2. The molecule has 0 saturated heterocycles. The van der Waals surface area contributed by atoms with Crippen LogP contribution in [0.3, 0.4) is 0 Å². The summed E-state index contributed by atoms with van der Waals surface area (Å²) in [4.78, 5) is 10.6. The van der Waals surface area contributed by atoms with E-state index in [4.69, 9.17) is 9.47 Å². The highest BCUT2D eigenvalue weighted by Crippen LogP contribution is 2.31. The van der Waals surface area contributed by atoms with Gasteiger partial charge in [-0.25, -0.2) is 8.42 Å². The topological polar surface area (TPSA) is 99.0 Å². The van der Waals surface area contributed by atoms with E-state index in [0.29, 0.717) is 13.0 Å². The molecular weight excluding hydrogens is 396 g/mol. The zero-order chi connectivity index (χ0) is 21.4. The molecule has 8 nitrogen and oxygen atoms in total. The third-order valence-electron chi connectivity index (χ3n) is 4.27. The van der Waals surface area contributed by atoms with Gasteiger partial charge in [0.15, 0.2) is 5.75 Å². The molecule has 0 aromatic heterocycles. The van der Waals surface area contributed by atoms with Gasteiger partial charge in [-0.05, 0) is 36.8 Å². The highest BCUT2D eigenvalue weighted by atomic mass is 32.2. The molecule has 0 N–H and O–H groups in total. The molecule has 2 aromatic rings. The van der Waals surface area contributed by atoms with E-state index in [1.54, 1.807) is 13.8 Å². The number of ether oxygens (including phenoxy) is 2. The fourth-order valence-electron chi connectivity index (χ4n) is 2.77. The van der Waals surface area contributed by atoms with Crippen LogP contribution < -0.4 is 9.47 Å². The average molecular weight is 423 g/mol. The van der Waals surface area contributed by atoms with Crippen LogP contribution in [0.15, 0.2) is 47.4 Å². The maximum atomic E-state index is 12.6. The minimum atomic E-state index is -3.78. The summed E-state index contributed by atoms with van der Waals surface area (Å²) in [6.45, 7) is 6.56. The Morgan fingerprint density at radius 1 is 1.03 bits per heavy atom. The molecule has 2 rings (SSSR count). The first kappa shape index (κ1) is 22.6. The summed E-state index contributed by atoms with van der Waals surface area (Å²) >= 11 is 0. The van der Waals surface area contributed by atoms with Gasteiger partial charge in [-0.2, -0.15) is 4.31 Å². The summed E-state index contributed by atoms with van der Waals surface area (Å²) in [5.41, 5.74) is 0.715. The van der Waals surface area contributed by atoms with Crippen molar-refractivity contribution in [1.29, 1.82) is 0 Å². The van der Waals surface area contributed by atoms with Crippen LogP contribution in [-0.2, 0) is 10.0 Å². The predicted octanol–water partition coefficient (Wildman–Crippen LogP) is 3.78. The second-order valence-electron chi connectivity index (χ2n) is 6.34. The van der Waals surface area contributed by atoms with Gasteiger partial charge >= 0.3 is 5.69 Å². The number of benzene rings is 2. The summed E-state index contributed by atoms with van der Waals surface area (Å²) in [5.74, 6) is 0.783. The minimum Gasteiger partial charge on any atom is -0.493 e. The van der Waals surface area contributed by atoms with Crippen LogP contribution in [-0.4, -0.2) is 43.9 Å². The SMILES string of the molecule is CCN(CC)S(=O)(=O)c1ccc(OCCCOc2cccc(C)c2)c([N+](=O)[O-])c1. The molecule has 0 spiro atoms. The maximum absolute atomic E-state index is 12.6. The molecule has 29 heavy (non-hydrogen) atoms. The third kappa shape index (κ3) is 5.91. The van der Waals surface area contributed by atoms with Gasteiger partial charge < -0.3 is 9.47 Å². The molecule has 0 aliphatic carbocycles. The molecule has 0 bridgehead atoms. The van der Waals surface area contributed by atoms with E-state index < -0.39 is 14.9 Å². The van der Waals surface area contributed by atoms with E-state index in [1.807, 2.05) is 31.2 Å². The van der Waals surface area contributed by atoms with Crippen LogP contribution in [0.2, 0.25) is 0 Å². The van der Waals surface area contributed by atoms with Crippen molar-refractivity contribution in [1.82, 2.24) is 4.31 Å². The van der Waals surface area contributed by atoms with Gasteiger partial charge in [-0.3, -0.25) is 10.1 Å². The number of aryl methyl sites for hydroxylation is 1. The lowest BCUT2D eigenvalue weighted by Gasteiger charge is -2.18. The standard InChI is InChI=1S/C20H26N2O6S/c1-4-21(5-2)29(25,26)18-10-11-20(19(15-18)22(23)24)28-13-7-12-27-17-9-6-8-16(3)14-17/h6,8-11,14-15H,4-5,7,12-13H2,1-3H3. The third-order valence-corrected chi connectivity index (χ3v) is 6.32. The van der Waals surface area contributed by atoms with Gasteiger partial charge in [0.05, 0.1) is 23.0 Å². The Morgan fingerprint density at radius 2 is 1.72 bits per heavy atom. The van der Waals surface area contributed by atoms with Crippen LogP contribution >= 0.6 is 0 Å². The van der Waals surface area contributed by atoms with Crippen LogP contribution in [0.4, 0.5) is 5.69 Å². The van der Waals surface area contributed by atoms with Crippen molar-refractivity contribution in [3.8, 4) is 11.5 Å². The number of rotatable bonds is 11. The first-order valence-electron chi connectivity index (χ1n) is 9.40. The number of hydrogen-bond donors (Lipinski definition) is 0. The smallest absolute Gasteiger partial charge is 0.312 e. The lowest BCUT2D eigenvalue weighted by molar-refractivity contribution is -0.386. The number of nitrogens with zero attached hydrogens (tertiary/aromatic N) is 2. The van der Waals surface area contributed by atoms with Crippen molar-refractivity contribution in [2.24, 2.45) is 0 Å². The van der Waals surface area contributed by atoms with Crippen LogP contribution in [0.1, 0.15) is 25.8 Å². The summed E-state index contributed by atoms with van der Waals surface area (Å²) in [6, 6.07) is 11.4. The normalized spacial score (nSPS) is 11.4. The van der Waals surface area contributed by atoms with Crippen molar-refractivity contribution in [2.45, 2.75) is 32.1 Å². The molecule has 0 aliphatic heterocycles. The lowest BCUT2D eigenvalue weighted by Crippen LogP contribution is -2.30. The highest BCUT2D eigenvalue weighted by molar-refractivity contribution is 7.89. The Hall–Kier alpha value is -2.65. The molecule has 0 fully saturated rings. The second kappa shape index (κ2) is 10.2. The minimum absolute atomic E-state index is 0.0315. The van der Waals surface area contributed by atoms with Crippen LogP contribution in [0.25, 0.3) is 0 Å². The van der Waals surface area contributed by atoms with E-state index in [1.165, 1.54) is 16.4 Å². The zero-order valence-corrected chi connectivity index (χ0v) is 17.6. The number of nitro benzene ring substituents is 1. The quantitative estimate of drug-likeness (QED) is 0.310. The molecule has 0 atom stereocenters. The predicted molar refractivity (Wildman–Crippen MR) is 110 cm³/mol. The largest absolute Gasteiger partial charge is 0.493 e. The van der Waals surface area contributed by atoms with Gasteiger partial charge in [0.2, 0.25) is 10.0 Å². The van der Waals surface area contributed by atoms with Gasteiger partial charge in [0.1, 0.15) is 5.75 Å². The summed E-state index contributed by atoms with van der Waals surface area (Å²) in [7, 11) is -3.78. The molecule has 0 amide bonds. The first-order valence-corrected chi connectivity index (χ1v) is 10.8. The van der Waals surface area contributed by atoms with Gasteiger partial charge in [0.25, 0.3) is 0 Å². The van der Waals surface area contributed by atoms with Crippen LogP contribution in [0, 0.1) is 17.0 Å². The van der Waals surface area contributed by atoms with E-state index in [0.717, 1.165) is 17.4 Å². The van der Waals surface area contributed by atoms with Crippen molar-refractivity contribution >= 4 is 15.7 Å². The Balaban J connectivity index is 2.02. The highest BCUT2D eigenvalue weighted by Gasteiger charge is 2.26. The number of nitro groups is 1. The molecule has 9 heteroatoms. The van der Waals surface area contributed by atoms with Gasteiger partial charge in [-0.1, -0.05) is 26.0 Å².